The van der Waals surface area contributed by atoms with Gasteiger partial charge in [0.2, 0.25) is 0 Å². The van der Waals surface area contributed by atoms with Crippen molar-refractivity contribution < 1.29 is 0 Å². The third kappa shape index (κ3) is 1.71. The van der Waals surface area contributed by atoms with Crippen molar-refractivity contribution in [3.05, 3.63) is 33.2 Å². The maximum Gasteiger partial charge on any atom is 0.132 e. The smallest absolute Gasteiger partial charge is 0.132 e. The van der Waals surface area contributed by atoms with Gasteiger partial charge in [0.1, 0.15) is 10.4 Å². The van der Waals surface area contributed by atoms with Crippen LogP contribution in [0.3, 0.4) is 0 Å². The van der Waals surface area contributed by atoms with E-state index in [1.807, 2.05) is 6.07 Å². The Morgan fingerprint density at radius 1 is 1.44 bits per heavy atom. The molecule has 0 spiro atoms. The summed E-state index contributed by atoms with van der Waals surface area (Å²) in [6.07, 6.45) is 3.24. The molecule has 1 unspecified atom stereocenters. The molecule has 3 heterocycles. The maximum atomic E-state index is 4.63. The minimum atomic E-state index is 0.528. The summed E-state index contributed by atoms with van der Waals surface area (Å²) in [5.41, 5.74) is 1.12. The number of halogens is 2. The van der Waals surface area contributed by atoms with Gasteiger partial charge < -0.3 is 9.72 Å². The normalized spacial score (nSPS) is 20.8. The molecule has 3 nitrogen and oxygen atoms in total. The van der Waals surface area contributed by atoms with Crippen LogP contribution in [0.4, 0.5) is 0 Å². The van der Waals surface area contributed by atoms with Crippen LogP contribution in [0.5, 0.6) is 0 Å². The van der Waals surface area contributed by atoms with Crippen molar-refractivity contribution in [2.45, 2.75) is 12.3 Å². The van der Waals surface area contributed by atoms with Crippen molar-refractivity contribution >= 4 is 37.4 Å². The van der Waals surface area contributed by atoms with E-state index in [0.29, 0.717) is 5.92 Å². The van der Waals surface area contributed by atoms with Gasteiger partial charge in [-0.25, -0.2) is 4.98 Å². The first-order valence-electron chi connectivity index (χ1n) is 5.29. The second-order valence-corrected chi connectivity index (χ2v) is 5.72. The molecule has 1 aliphatic rings. The lowest BCUT2D eigenvalue weighted by molar-refractivity contribution is 0.697. The standard InChI is InChI=1S/C11H11Br2N3/c12-8-2-4-16-9(5-8)10(13)15-11(16)7-1-3-14-6-7/h2,4-5,7,14H,1,3,6H2. The number of imidazole rings is 1. The summed E-state index contributed by atoms with van der Waals surface area (Å²) >= 11 is 7.01. The van der Waals surface area contributed by atoms with Crippen LogP contribution in [0.2, 0.25) is 0 Å². The molecule has 2 aromatic rings. The molecule has 1 atom stereocenters. The van der Waals surface area contributed by atoms with Crippen molar-refractivity contribution in [2.24, 2.45) is 0 Å². The lowest BCUT2D eigenvalue weighted by atomic mass is 10.1. The van der Waals surface area contributed by atoms with Gasteiger partial charge in [0.15, 0.2) is 0 Å². The molecule has 2 aromatic heterocycles. The average molecular weight is 345 g/mol. The molecule has 0 radical (unpaired) electrons. The zero-order valence-corrected chi connectivity index (χ0v) is 11.8. The van der Waals surface area contributed by atoms with Gasteiger partial charge in [0.05, 0.1) is 5.52 Å². The number of aromatic nitrogens is 2. The molecule has 0 amide bonds. The van der Waals surface area contributed by atoms with Gasteiger partial charge in [0.25, 0.3) is 0 Å². The summed E-state index contributed by atoms with van der Waals surface area (Å²) in [5.74, 6) is 1.68. The van der Waals surface area contributed by atoms with Crippen LogP contribution >= 0.6 is 31.9 Å². The molecule has 0 bridgehead atoms. The number of rotatable bonds is 1. The second kappa shape index (κ2) is 4.13. The maximum absolute atomic E-state index is 4.63. The van der Waals surface area contributed by atoms with Crippen LogP contribution in [0, 0.1) is 0 Å². The van der Waals surface area contributed by atoms with E-state index in [-0.39, 0.29) is 0 Å². The molecule has 16 heavy (non-hydrogen) atoms. The lowest BCUT2D eigenvalue weighted by Crippen LogP contribution is -2.10. The minimum absolute atomic E-state index is 0.528. The van der Waals surface area contributed by atoms with Crippen molar-refractivity contribution in [1.29, 1.82) is 0 Å². The number of nitrogens with one attached hydrogen (secondary N) is 1. The molecule has 1 fully saturated rings. The molecule has 0 aromatic carbocycles. The van der Waals surface area contributed by atoms with Gasteiger partial charge in [-0.15, -0.1) is 0 Å². The highest BCUT2D eigenvalue weighted by atomic mass is 79.9. The molecule has 1 saturated heterocycles. The van der Waals surface area contributed by atoms with Crippen molar-refractivity contribution in [1.82, 2.24) is 14.7 Å². The minimum Gasteiger partial charge on any atom is -0.316 e. The van der Waals surface area contributed by atoms with E-state index in [2.05, 4.69) is 58.8 Å². The molecule has 5 heteroatoms. The highest BCUT2D eigenvalue weighted by Gasteiger charge is 2.22. The largest absolute Gasteiger partial charge is 0.316 e. The lowest BCUT2D eigenvalue weighted by Gasteiger charge is -2.06. The average Bonchev–Trinajstić information content (AvgIpc) is 2.87. The predicted octanol–water partition coefficient (Wildman–Crippen LogP) is 2.94. The first-order chi connectivity index (χ1) is 7.75. The number of fused-ring (bicyclic) bond motifs is 1. The first kappa shape index (κ1) is 10.7. The zero-order chi connectivity index (χ0) is 11.1. The van der Waals surface area contributed by atoms with E-state index in [1.165, 1.54) is 6.42 Å². The third-order valence-electron chi connectivity index (χ3n) is 3.01. The Hall–Kier alpha value is -0.390. The van der Waals surface area contributed by atoms with E-state index in [1.54, 1.807) is 0 Å². The molecular formula is C11H11Br2N3. The Balaban J connectivity index is 2.18. The summed E-state index contributed by atoms with van der Waals surface area (Å²) in [6.45, 7) is 2.12. The number of nitrogens with zero attached hydrogens (tertiary/aromatic N) is 2. The summed E-state index contributed by atoms with van der Waals surface area (Å²) in [5, 5.41) is 3.38. The van der Waals surface area contributed by atoms with Crippen LogP contribution in [0.15, 0.2) is 27.4 Å². The fourth-order valence-corrected chi connectivity index (χ4v) is 3.03. The Kier molecular flexibility index (Phi) is 2.77. The third-order valence-corrected chi connectivity index (χ3v) is 4.09. The Bertz CT molecular complexity index is 529. The Labute approximate surface area is 111 Å². The SMILES string of the molecule is Brc1ccn2c(C3CCNC3)nc(Br)c2c1. The quantitative estimate of drug-likeness (QED) is 0.861. The highest BCUT2D eigenvalue weighted by Crippen LogP contribution is 2.28. The van der Waals surface area contributed by atoms with Crippen LogP contribution in [0.1, 0.15) is 18.2 Å². The van der Waals surface area contributed by atoms with Crippen LogP contribution in [-0.2, 0) is 0 Å². The van der Waals surface area contributed by atoms with Crippen molar-refractivity contribution in [3.8, 4) is 0 Å². The van der Waals surface area contributed by atoms with Gasteiger partial charge >= 0.3 is 0 Å². The molecule has 0 saturated carbocycles. The molecule has 3 rings (SSSR count). The monoisotopic (exact) mass is 343 g/mol. The fourth-order valence-electron chi connectivity index (χ4n) is 2.21. The molecule has 1 N–H and O–H groups in total. The highest BCUT2D eigenvalue weighted by molar-refractivity contribution is 9.11. The number of hydrogen-bond acceptors (Lipinski definition) is 2. The van der Waals surface area contributed by atoms with Crippen molar-refractivity contribution in [3.63, 3.8) is 0 Å². The van der Waals surface area contributed by atoms with Gasteiger partial charge in [-0.3, -0.25) is 0 Å². The van der Waals surface area contributed by atoms with Gasteiger partial charge in [-0.05, 0) is 41.0 Å². The van der Waals surface area contributed by atoms with Crippen LogP contribution in [0.25, 0.3) is 5.52 Å². The summed E-state index contributed by atoms with van der Waals surface area (Å²) in [7, 11) is 0. The van der Waals surface area contributed by atoms with Crippen LogP contribution < -0.4 is 5.32 Å². The molecular weight excluding hydrogens is 334 g/mol. The molecule has 0 aliphatic carbocycles. The second-order valence-electron chi connectivity index (χ2n) is 4.05. The number of pyridine rings is 1. The molecule has 84 valence electrons. The Morgan fingerprint density at radius 3 is 3.06 bits per heavy atom. The van der Waals surface area contributed by atoms with Gasteiger partial charge in [-0.1, -0.05) is 15.9 Å². The summed E-state index contributed by atoms with van der Waals surface area (Å²) in [6, 6.07) is 4.13. The van der Waals surface area contributed by atoms with E-state index < -0.39 is 0 Å². The van der Waals surface area contributed by atoms with Crippen LogP contribution in [-0.4, -0.2) is 22.5 Å². The summed E-state index contributed by atoms with van der Waals surface area (Å²) in [4.78, 5) is 4.63. The van der Waals surface area contributed by atoms with E-state index >= 15 is 0 Å². The molecule has 1 aliphatic heterocycles. The van der Waals surface area contributed by atoms with E-state index in [9.17, 15) is 0 Å². The predicted molar refractivity (Wildman–Crippen MR) is 70.8 cm³/mol. The van der Waals surface area contributed by atoms with Gasteiger partial charge in [-0.2, -0.15) is 0 Å². The summed E-state index contributed by atoms with van der Waals surface area (Å²) < 4.78 is 4.18. The topological polar surface area (TPSA) is 29.3 Å². The van der Waals surface area contributed by atoms with Gasteiger partial charge in [0, 0.05) is 23.1 Å². The van der Waals surface area contributed by atoms with E-state index in [0.717, 1.165) is 33.5 Å². The first-order valence-corrected chi connectivity index (χ1v) is 6.88. The Morgan fingerprint density at radius 2 is 2.31 bits per heavy atom. The number of hydrogen-bond donors (Lipinski definition) is 1. The fraction of sp³-hybridized carbons (Fsp3) is 0.364. The van der Waals surface area contributed by atoms with E-state index in [4.69, 9.17) is 0 Å². The van der Waals surface area contributed by atoms with Crippen molar-refractivity contribution in [2.75, 3.05) is 13.1 Å². The zero-order valence-electron chi connectivity index (χ0n) is 8.58.